The van der Waals surface area contributed by atoms with Crippen molar-refractivity contribution in [3.05, 3.63) is 46.3 Å². The average Bonchev–Trinajstić information content (AvgIpc) is 2.78. The van der Waals surface area contributed by atoms with E-state index in [4.69, 9.17) is 4.74 Å². The molecule has 0 bridgehead atoms. The number of nitrogens with zero attached hydrogens (tertiary/aromatic N) is 2. The van der Waals surface area contributed by atoms with Gasteiger partial charge in [-0.2, -0.15) is 0 Å². The fourth-order valence-corrected chi connectivity index (χ4v) is 2.68. The van der Waals surface area contributed by atoms with E-state index in [1.807, 2.05) is 31.2 Å². The third-order valence-corrected chi connectivity index (χ3v) is 3.44. The van der Waals surface area contributed by atoms with Crippen LogP contribution < -0.4 is 10.1 Å². The van der Waals surface area contributed by atoms with Gasteiger partial charge in [-0.3, -0.25) is 0 Å². The van der Waals surface area contributed by atoms with Gasteiger partial charge in [-0.1, -0.05) is 18.2 Å². The quantitative estimate of drug-likeness (QED) is 0.883. The van der Waals surface area contributed by atoms with E-state index in [1.165, 1.54) is 5.56 Å². The monoisotopic (exact) mass is 319 g/mol. The number of ether oxygens (including phenoxy) is 1. The number of nitrogens with one attached hydrogen (secondary N) is 1. The maximum atomic E-state index is 5.87. The topological polar surface area (TPSA) is 47.0 Å². The zero-order valence-corrected chi connectivity index (χ0v) is 12.1. The second-order valence-electron chi connectivity index (χ2n) is 4.56. The lowest BCUT2D eigenvalue weighted by atomic mass is 10.1. The molecule has 0 amide bonds. The molecule has 1 aliphatic rings. The Kier molecular flexibility index (Phi) is 3.38. The predicted molar refractivity (Wildman–Crippen MR) is 77.5 cm³/mol. The lowest BCUT2D eigenvalue weighted by molar-refractivity contribution is 0.246. The highest BCUT2D eigenvalue weighted by molar-refractivity contribution is 9.10. The first-order valence-corrected chi connectivity index (χ1v) is 6.99. The van der Waals surface area contributed by atoms with E-state index in [0.717, 1.165) is 35.0 Å². The van der Waals surface area contributed by atoms with Crippen molar-refractivity contribution in [2.45, 2.75) is 19.4 Å². The van der Waals surface area contributed by atoms with E-state index in [0.29, 0.717) is 0 Å². The van der Waals surface area contributed by atoms with Gasteiger partial charge in [0.25, 0.3) is 0 Å². The molecule has 0 saturated heterocycles. The number of aryl methyl sites for hydroxylation is 1. The molecule has 98 valence electrons. The standard InChI is InChI=1S/C14H14BrN3O/c1-9-17-13(15)7-14(18-9)16-8-11-6-10-4-2-3-5-12(10)19-11/h2-5,7,11H,6,8H2,1H3,(H,16,17,18). The number of hydrogen-bond donors (Lipinski definition) is 1. The summed E-state index contributed by atoms with van der Waals surface area (Å²) in [6.07, 6.45) is 1.10. The molecule has 1 aromatic carbocycles. The van der Waals surface area contributed by atoms with Gasteiger partial charge in [0.05, 0.1) is 6.54 Å². The number of rotatable bonds is 3. The van der Waals surface area contributed by atoms with Gasteiger partial charge in [-0.15, -0.1) is 0 Å². The Morgan fingerprint density at radius 3 is 3.00 bits per heavy atom. The largest absolute Gasteiger partial charge is 0.488 e. The Morgan fingerprint density at radius 2 is 2.21 bits per heavy atom. The highest BCUT2D eigenvalue weighted by Gasteiger charge is 2.21. The Bertz CT molecular complexity index is 558. The molecule has 0 saturated carbocycles. The van der Waals surface area contributed by atoms with E-state index in [-0.39, 0.29) is 6.10 Å². The molecular formula is C14H14BrN3O. The SMILES string of the molecule is Cc1nc(Br)cc(NCC2Cc3ccccc3O2)n1. The molecule has 5 heteroatoms. The summed E-state index contributed by atoms with van der Waals surface area (Å²) in [4.78, 5) is 8.52. The molecule has 1 atom stereocenters. The van der Waals surface area contributed by atoms with Crippen LogP contribution in [0.3, 0.4) is 0 Å². The van der Waals surface area contributed by atoms with Crippen molar-refractivity contribution in [3.63, 3.8) is 0 Å². The second-order valence-corrected chi connectivity index (χ2v) is 5.37. The summed E-state index contributed by atoms with van der Waals surface area (Å²) in [7, 11) is 0. The van der Waals surface area contributed by atoms with Gasteiger partial charge in [-0.25, -0.2) is 9.97 Å². The predicted octanol–water partition coefficient (Wildman–Crippen LogP) is 2.96. The van der Waals surface area contributed by atoms with Gasteiger partial charge in [0.15, 0.2) is 0 Å². The van der Waals surface area contributed by atoms with Gasteiger partial charge in [0.1, 0.15) is 28.1 Å². The highest BCUT2D eigenvalue weighted by Crippen LogP contribution is 2.28. The van der Waals surface area contributed by atoms with Crippen LogP contribution in [0, 0.1) is 6.92 Å². The van der Waals surface area contributed by atoms with Crippen LogP contribution in [0.5, 0.6) is 5.75 Å². The summed E-state index contributed by atoms with van der Waals surface area (Å²) >= 11 is 3.37. The molecule has 1 N–H and O–H groups in total. The van der Waals surface area contributed by atoms with Crippen molar-refractivity contribution in [1.29, 1.82) is 0 Å². The van der Waals surface area contributed by atoms with Gasteiger partial charge in [0, 0.05) is 12.5 Å². The molecular weight excluding hydrogens is 306 g/mol. The van der Waals surface area contributed by atoms with E-state index in [9.17, 15) is 0 Å². The molecule has 0 radical (unpaired) electrons. The van der Waals surface area contributed by atoms with Crippen LogP contribution in [0.1, 0.15) is 11.4 Å². The number of para-hydroxylation sites is 1. The third kappa shape index (κ3) is 2.87. The fraction of sp³-hybridized carbons (Fsp3) is 0.286. The number of halogens is 1. The van der Waals surface area contributed by atoms with Gasteiger partial charge >= 0.3 is 0 Å². The Balaban J connectivity index is 1.62. The van der Waals surface area contributed by atoms with Crippen LogP contribution in [-0.4, -0.2) is 22.6 Å². The molecule has 3 rings (SSSR count). The van der Waals surface area contributed by atoms with Crippen LogP contribution in [-0.2, 0) is 6.42 Å². The second kappa shape index (κ2) is 5.17. The summed E-state index contributed by atoms with van der Waals surface area (Å²) in [6.45, 7) is 2.61. The molecule has 2 heterocycles. The zero-order chi connectivity index (χ0) is 13.2. The first-order valence-electron chi connectivity index (χ1n) is 6.20. The van der Waals surface area contributed by atoms with Gasteiger partial charge in [0.2, 0.25) is 0 Å². The normalized spacial score (nSPS) is 16.8. The summed E-state index contributed by atoms with van der Waals surface area (Å²) in [5, 5.41) is 3.30. The Labute approximate surface area is 120 Å². The third-order valence-electron chi connectivity index (χ3n) is 3.03. The van der Waals surface area contributed by atoms with E-state index < -0.39 is 0 Å². The summed E-state index contributed by atoms with van der Waals surface area (Å²) in [5.41, 5.74) is 1.27. The summed E-state index contributed by atoms with van der Waals surface area (Å²) < 4.78 is 6.66. The maximum absolute atomic E-state index is 5.87. The molecule has 2 aromatic rings. The number of fused-ring (bicyclic) bond motifs is 1. The number of anilines is 1. The van der Waals surface area contributed by atoms with Crippen LogP contribution in [0.25, 0.3) is 0 Å². The van der Waals surface area contributed by atoms with Crippen molar-refractivity contribution >= 4 is 21.7 Å². The van der Waals surface area contributed by atoms with Crippen LogP contribution >= 0.6 is 15.9 Å². The smallest absolute Gasteiger partial charge is 0.130 e. The minimum absolute atomic E-state index is 0.159. The first kappa shape index (κ1) is 12.4. The number of aromatic nitrogens is 2. The van der Waals surface area contributed by atoms with Crippen molar-refractivity contribution < 1.29 is 4.74 Å². The molecule has 0 fully saturated rings. The van der Waals surface area contributed by atoms with Crippen LogP contribution in [0.4, 0.5) is 5.82 Å². The summed E-state index contributed by atoms with van der Waals surface area (Å²) in [6, 6.07) is 10.0. The maximum Gasteiger partial charge on any atom is 0.130 e. The van der Waals surface area contributed by atoms with E-state index in [1.54, 1.807) is 0 Å². The number of hydrogen-bond acceptors (Lipinski definition) is 4. The molecule has 1 unspecified atom stereocenters. The molecule has 0 spiro atoms. The van der Waals surface area contributed by atoms with Crippen molar-refractivity contribution in [1.82, 2.24) is 9.97 Å². The number of benzene rings is 1. The Morgan fingerprint density at radius 1 is 1.37 bits per heavy atom. The zero-order valence-electron chi connectivity index (χ0n) is 10.6. The minimum Gasteiger partial charge on any atom is -0.488 e. The minimum atomic E-state index is 0.159. The van der Waals surface area contributed by atoms with Crippen molar-refractivity contribution in [2.75, 3.05) is 11.9 Å². The van der Waals surface area contributed by atoms with E-state index >= 15 is 0 Å². The first-order chi connectivity index (χ1) is 9.20. The average molecular weight is 320 g/mol. The lowest BCUT2D eigenvalue weighted by Crippen LogP contribution is -2.24. The van der Waals surface area contributed by atoms with Gasteiger partial charge < -0.3 is 10.1 Å². The molecule has 1 aromatic heterocycles. The molecule has 0 aliphatic carbocycles. The highest BCUT2D eigenvalue weighted by atomic mass is 79.9. The van der Waals surface area contributed by atoms with Crippen molar-refractivity contribution in [3.8, 4) is 5.75 Å². The lowest BCUT2D eigenvalue weighted by Gasteiger charge is -2.12. The molecule has 4 nitrogen and oxygen atoms in total. The molecule has 1 aliphatic heterocycles. The van der Waals surface area contributed by atoms with E-state index in [2.05, 4.69) is 37.3 Å². The molecule has 19 heavy (non-hydrogen) atoms. The fourth-order valence-electron chi connectivity index (χ4n) is 2.21. The summed E-state index contributed by atoms with van der Waals surface area (Å²) in [5.74, 6) is 2.56. The van der Waals surface area contributed by atoms with Crippen molar-refractivity contribution in [2.24, 2.45) is 0 Å². The van der Waals surface area contributed by atoms with Crippen LogP contribution in [0.15, 0.2) is 34.9 Å². The van der Waals surface area contributed by atoms with Crippen LogP contribution in [0.2, 0.25) is 0 Å². The van der Waals surface area contributed by atoms with Gasteiger partial charge in [-0.05, 0) is 34.5 Å². The Hall–Kier alpha value is -1.62.